The molecule has 17 heavy (non-hydrogen) atoms. The highest BCUT2D eigenvalue weighted by molar-refractivity contribution is 5.78. The molecule has 0 unspecified atom stereocenters. The zero-order valence-corrected chi connectivity index (χ0v) is 12.4. The number of hydrogen-bond acceptors (Lipinski definition) is 1. The van der Waals surface area contributed by atoms with Crippen LogP contribution in [0.15, 0.2) is 4.99 Å². The Morgan fingerprint density at radius 3 is 2.18 bits per heavy atom. The Balaban J connectivity index is 4.17. The molecular weight excluding hydrogens is 210 g/mol. The van der Waals surface area contributed by atoms with Crippen LogP contribution in [0.2, 0.25) is 0 Å². The van der Waals surface area contributed by atoms with Crippen molar-refractivity contribution in [2.75, 3.05) is 19.6 Å². The van der Waals surface area contributed by atoms with Crippen LogP contribution in [-0.4, -0.2) is 30.5 Å². The molecule has 0 aliphatic carbocycles. The standard InChI is InChI=1S/C14H31N3/c1-6-9-10-11-14(4,5)12-16-13(15)17(7-2)8-3/h6-12H2,1-5H3,(H2,15,16). The van der Waals surface area contributed by atoms with Crippen LogP contribution in [0.1, 0.15) is 60.3 Å². The quantitative estimate of drug-likeness (QED) is 0.402. The summed E-state index contributed by atoms with van der Waals surface area (Å²) >= 11 is 0. The van der Waals surface area contributed by atoms with Gasteiger partial charge in [0, 0.05) is 19.6 Å². The number of rotatable bonds is 8. The maximum atomic E-state index is 5.98. The first kappa shape index (κ1) is 16.3. The molecule has 0 atom stereocenters. The van der Waals surface area contributed by atoms with Crippen molar-refractivity contribution in [2.24, 2.45) is 16.1 Å². The molecule has 0 saturated heterocycles. The molecule has 0 rings (SSSR count). The van der Waals surface area contributed by atoms with Crippen molar-refractivity contribution in [3.63, 3.8) is 0 Å². The fourth-order valence-corrected chi connectivity index (χ4v) is 1.88. The number of aliphatic imine (C=N–C) groups is 1. The molecule has 102 valence electrons. The minimum atomic E-state index is 0.271. The minimum absolute atomic E-state index is 0.271. The highest BCUT2D eigenvalue weighted by Gasteiger charge is 2.17. The first-order chi connectivity index (χ1) is 7.96. The van der Waals surface area contributed by atoms with Gasteiger partial charge in [-0.2, -0.15) is 0 Å². The van der Waals surface area contributed by atoms with Gasteiger partial charge >= 0.3 is 0 Å². The van der Waals surface area contributed by atoms with Crippen molar-refractivity contribution in [1.29, 1.82) is 0 Å². The topological polar surface area (TPSA) is 41.6 Å². The van der Waals surface area contributed by atoms with E-state index < -0.39 is 0 Å². The van der Waals surface area contributed by atoms with Gasteiger partial charge in [-0.3, -0.25) is 4.99 Å². The van der Waals surface area contributed by atoms with E-state index in [1.54, 1.807) is 0 Å². The van der Waals surface area contributed by atoms with Gasteiger partial charge in [0.25, 0.3) is 0 Å². The normalized spacial score (nSPS) is 12.9. The van der Waals surface area contributed by atoms with Crippen LogP contribution in [0.4, 0.5) is 0 Å². The third kappa shape index (κ3) is 7.24. The lowest BCUT2D eigenvalue weighted by atomic mass is 9.87. The van der Waals surface area contributed by atoms with Gasteiger partial charge in [0.15, 0.2) is 5.96 Å². The summed E-state index contributed by atoms with van der Waals surface area (Å²) in [7, 11) is 0. The molecule has 0 radical (unpaired) electrons. The van der Waals surface area contributed by atoms with E-state index in [0.29, 0.717) is 5.96 Å². The third-order valence-electron chi connectivity index (χ3n) is 3.21. The van der Waals surface area contributed by atoms with Crippen LogP contribution in [0.3, 0.4) is 0 Å². The second kappa shape index (κ2) is 8.37. The van der Waals surface area contributed by atoms with E-state index in [1.807, 2.05) is 0 Å². The predicted molar refractivity (Wildman–Crippen MR) is 77.3 cm³/mol. The van der Waals surface area contributed by atoms with Gasteiger partial charge in [0.1, 0.15) is 0 Å². The van der Waals surface area contributed by atoms with Gasteiger partial charge in [-0.15, -0.1) is 0 Å². The van der Waals surface area contributed by atoms with Crippen molar-refractivity contribution in [2.45, 2.75) is 60.3 Å². The number of unbranched alkanes of at least 4 members (excludes halogenated alkanes) is 2. The first-order valence-corrected chi connectivity index (χ1v) is 7.01. The summed E-state index contributed by atoms with van der Waals surface area (Å²) in [5.41, 5.74) is 6.25. The second-order valence-corrected chi connectivity index (χ2v) is 5.47. The number of nitrogens with zero attached hydrogens (tertiary/aromatic N) is 2. The van der Waals surface area contributed by atoms with Crippen molar-refractivity contribution < 1.29 is 0 Å². The average Bonchev–Trinajstić information content (AvgIpc) is 2.28. The van der Waals surface area contributed by atoms with E-state index in [0.717, 1.165) is 19.6 Å². The molecule has 0 aromatic rings. The summed E-state index contributed by atoms with van der Waals surface area (Å²) in [6, 6.07) is 0. The van der Waals surface area contributed by atoms with Crippen molar-refractivity contribution in [1.82, 2.24) is 4.90 Å². The summed E-state index contributed by atoms with van der Waals surface area (Å²) in [4.78, 5) is 6.64. The lowest BCUT2D eigenvalue weighted by molar-refractivity contribution is 0.330. The number of hydrogen-bond donors (Lipinski definition) is 1. The second-order valence-electron chi connectivity index (χ2n) is 5.47. The molecule has 0 fully saturated rings. The third-order valence-corrected chi connectivity index (χ3v) is 3.21. The summed E-state index contributed by atoms with van der Waals surface area (Å²) in [5, 5.41) is 0. The SMILES string of the molecule is CCCCCC(C)(C)CN=C(N)N(CC)CC. The zero-order chi connectivity index (χ0) is 13.3. The molecule has 3 heteroatoms. The zero-order valence-electron chi connectivity index (χ0n) is 12.4. The van der Waals surface area contributed by atoms with E-state index in [2.05, 4.69) is 44.5 Å². The van der Waals surface area contributed by atoms with Crippen LogP contribution in [0.5, 0.6) is 0 Å². The summed E-state index contributed by atoms with van der Waals surface area (Å²) in [6.07, 6.45) is 5.12. The molecule has 0 heterocycles. The Kier molecular flexibility index (Phi) is 8.01. The Bertz CT molecular complexity index is 218. The Labute approximate surface area is 107 Å². The Hall–Kier alpha value is -0.730. The van der Waals surface area contributed by atoms with E-state index in [-0.39, 0.29) is 5.41 Å². The van der Waals surface area contributed by atoms with E-state index >= 15 is 0 Å². The smallest absolute Gasteiger partial charge is 0.191 e. The summed E-state index contributed by atoms with van der Waals surface area (Å²) in [6.45, 7) is 13.7. The van der Waals surface area contributed by atoms with Gasteiger partial charge in [-0.25, -0.2) is 0 Å². The van der Waals surface area contributed by atoms with Gasteiger partial charge in [0.05, 0.1) is 0 Å². The largest absolute Gasteiger partial charge is 0.370 e. The van der Waals surface area contributed by atoms with Crippen molar-refractivity contribution in [3.8, 4) is 0 Å². The molecule has 0 bridgehead atoms. The van der Waals surface area contributed by atoms with Crippen molar-refractivity contribution >= 4 is 5.96 Å². The highest BCUT2D eigenvalue weighted by Crippen LogP contribution is 2.24. The summed E-state index contributed by atoms with van der Waals surface area (Å²) in [5.74, 6) is 0.693. The molecule has 0 amide bonds. The van der Waals surface area contributed by atoms with Crippen LogP contribution in [0.25, 0.3) is 0 Å². The Morgan fingerprint density at radius 1 is 1.12 bits per heavy atom. The molecule has 0 aliphatic rings. The predicted octanol–water partition coefficient (Wildman–Crippen LogP) is 3.25. The minimum Gasteiger partial charge on any atom is -0.370 e. The van der Waals surface area contributed by atoms with Crippen LogP contribution in [-0.2, 0) is 0 Å². The van der Waals surface area contributed by atoms with E-state index in [9.17, 15) is 0 Å². The van der Waals surface area contributed by atoms with Crippen LogP contribution < -0.4 is 5.73 Å². The average molecular weight is 241 g/mol. The molecule has 0 saturated carbocycles. The molecule has 3 nitrogen and oxygen atoms in total. The van der Waals surface area contributed by atoms with E-state index in [1.165, 1.54) is 25.7 Å². The maximum absolute atomic E-state index is 5.98. The van der Waals surface area contributed by atoms with Crippen molar-refractivity contribution in [3.05, 3.63) is 0 Å². The Morgan fingerprint density at radius 2 is 1.71 bits per heavy atom. The van der Waals surface area contributed by atoms with Crippen LogP contribution in [0, 0.1) is 5.41 Å². The number of guanidine groups is 1. The van der Waals surface area contributed by atoms with Crippen LogP contribution >= 0.6 is 0 Å². The van der Waals surface area contributed by atoms with E-state index in [4.69, 9.17) is 5.73 Å². The number of nitrogens with two attached hydrogens (primary N) is 1. The monoisotopic (exact) mass is 241 g/mol. The fraction of sp³-hybridized carbons (Fsp3) is 0.929. The molecule has 0 aromatic heterocycles. The highest BCUT2D eigenvalue weighted by atomic mass is 15.2. The summed E-state index contributed by atoms with van der Waals surface area (Å²) < 4.78 is 0. The van der Waals surface area contributed by atoms with Gasteiger partial charge in [0.2, 0.25) is 0 Å². The molecule has 2 N–H and O–H groups in total. The maximum Gasteiger partial charge on any atom is 0.191 e. The molecule has 0 spiro atoms. The van der Waals surface area contributed by atoms with Gasteiger partial charge in [-0.05, 0) is 25.7 Å². The molecule has 0 aromatic carbocycles. The molecule has 0 aliphatic heterocycles. The lowest BCUT2D eigenvalue weighted by Gasteiger charge is -2.24. The van der Waals surface area contributed by atoms with Gasteiger partial charge < -0.3 is 10.6 Å². The van der Waals surface area contributed by atoms with Gasteiger partial charge in [-0.1, -0.05) is 40.0 Å². The lowest BCUT2D eigenvalue weighted by Crippen LogP contribution is -2.37. The molecular formula is C14H31N3. The first-order valence-electron chi connectivity index (χ1n) is 7.01. The fourth-order valence-electron chi connectivity index (χ4n) is 1.88.